The summed E-state index contributed by atoms with van der Waals surface area (Å²) in [5.74, 6) is 0.208. The van der Waals surface area contributed by atoms with Crippen LogP contribution >= 0.6 is 34.5 Å². The van der Waals surface area contributed by atoms with Crippen LogP contribution in [0.25, 0.3) is 0 Å². The zero-order chi connectivity index (χ0) is 12.8. The van der Waals surface area contributed by atoms with Crippen LogP contribution in [-0.4, -0.2) is 35.2 Å². The number of hydrogen-bond donors (Lipinski definition) is 0. The normalized spacial score (nSPS) is 12.6. The first-order valence-corrected chi connectivity index (χ1v) is 7.92. The molecule has 1 heterocycles. The highest BCUT2D eigenvalue weighted by molar-refractivity contribution is 7.85. The highest BCUT2D eigenvalue weighted by Gasteiger charge is 2.16. The summed E-state index contributed by atoms with van der Waals surface area (Å²) in [6.07, 6.45) is 0.675. The Hall–Kier alpha value is 0.0600. The molecular weight excluding hydrogens is 303 g/mol. The van der Waals surface area contributed by atoms with Crippen molar-refractivity contribution in [1.82, 2.24) is 0 Å². The van der Waals surface area contributed by atoms with Gasteiger partial charge in [0, 0.05) is 35.8 Å². The summed E-state index contributed by atoms with van der Waals surface area (Å²) >= 11 is 12.7. The lowest BCUT2D eigenvalue weighted by Gasteiger charge is -2.01. The van der Waals surface area contributed by atoms with Gasteiger partial charge < -0.3 is 4.74 Å². The highest BCUT2D eigenvalue weighted by Crippen LogP contribution is 2.31. The standard InChI is InChI=1S/C10H12Cl2O3S2/c1-15-3-2-4-17(14)6-8(13)7-5-9(11)16-10(7)12/h5H,2-4,6H2,1H3. The number of methoxy groups -OCH3 is 1. The average molecular weight is 315 g/mol. The smallest absolute Gasteiger partial charge is 0.177 e. The van der Waals surface area contributed by atoms with Crippen LogP contribution in [0.15, 0.2) is 6.07 Å². The maximum Gasteiger partial charge on any atom is 0.177 e. The van der Waals surface area contributed by atoms with Crippen molar-refractivity contribution in [3.63, 3.8) is 0 Å². The number of hydrogen-bond acceptors (Lipinski definition) is 4. The van der Waals surface area contributed by atoms with E-state index in [4.69, 9.17) is 27.9 Å². The van der Waals surface area contributed by atoms with E-state index in [0.717, 1.165) is 11.3 Å². The second kappa shape index (κ2) is 7.48. The van der Waals surface area contributed by atoms with Crippen molar-refractivity contribution in [3.8, 4) is 0 Å². The number of carbonyl (C=O) groups is 1. The highest BCUT2D eigenvalue weighted by atomic mass is 35.5. The van der Waals surface area contributed by atoms with E-state index < -0.39 is 10.8 Å². The summed E-state index contributed by atoms with van der Waals surface area (Å²) in [7, 11) is 0.407. The topological polar surface area (TPSA) is 43.4 Å². The number of carbonyl (C=O) groups excluding carboxylic acids is 1. The first-order valence-electron chi connectivity index (χ1n) is 4.86. The minimum atomic E-state index is -1.18. The average Bonchev–Trinajstić information content (AvgIpc) is 2.58. The van der Waals surface area contributed by atoms with Gasteiger partial charge in [0.25, 0.3) is 0 Å². The van der Waals surface area contributed by atoms with Gasteiger partial charge in [0.2, 0.25) is 0 Å². The first-order chi connectivity index (χ1) is 8.04. The molecule has 7 heteroatoms. The number of ether oxygens (including phenoxy) is 1. The van der Waals surface area contributed by atoms with Crippen molar-refractivity contribution >= 4 is 51.1 Å². The third-order valence-corrected chi connectivity index (χ3v) is 4.79. The minimum Gasteiger partial charge on any atom is -0.385 e. The Bertz CT molecular complexity index is 418. The molecule has 0 amide bonds. The minimum absolute atomic E-state index is 0.0174. The van der Waals surface area contributed by atoms with E-state index in [1.807, 2.05) is 0 Å². The van der Waals surface area contributed by atoms with Gasteiger partial charge in [-0.05, 0) is 12.5 Å². The van der Waals surface area contributed by atoms with Gasteiger partial charge in [-0.3, -0.25) is 9.00 Å². The summed E-state index contributed by atoms with van der Waals surface area (Å²) in [4.78, 5) is 11.8. The van der Waals surface area contributed by atoms with E-state index in [9.17, 15) is 9.00 Å². The monoisotopic (exact) mass is 314 g/mol. The molecule has 1 unspecified atom stereocenters. The van der Waals surface area contributed by atoms with Crippen LogP contribution in [0, 0.1) is 0 Å². The van der Waals surface area contributed by atoms with Gasteiger partial charge in [-0.2, -0.15) is 0 Å². The predicted molar refractivity (Wildman–Crippen MR) is 73.0 cm³/mol. The summed E-state index contributed by atoms with van der Waals surface area (Å²) in [6.45, 7) is 0.547. The Balaban J connectivity index is 2.49. The van der Waals surface area contributed by atoms with Gasteiger partial charge in [-0.1, -0.05) is 23.2 Å². The van der Waals surface area contributed by atoms with Crippen LogP contribution in [0.3, 0.4) is 0 Å². The summed E-state index contributed by atoms with van der Waals surface area (Å²) in [5.41, 5.74) is 0.363. The molecule has 0 N–H and O–H groups in total. The van der Waals surface area contributed by atoms with Gasteiger partial charge in [0.15, 0.2) is 5.78 Å². The number of Topliss-reactive ketones (excluding diaryl/α,β-unsaturated/α-hetero) is 1. The summed E-state index contributed by atoms with van der Waals surface area (Å²) in [6, 6.07) is 1.52. The van der Waals surface area contributed by atoms with Crippen LogP contribution in [0.4, 0.5) is 0 Å². The first kappa shape index (κ1) is 15.1. The Labute approximate surface area is 117 Å². The molecule has 0 aliphatic rings. The fourth-order valence-electron chi connectivity index (χ4n) is 1.19. The Morgan fingerprint density at radius 3 is 2.76 bits per heavy atom. The van der Waals surface area contributed by atoms with Gasteiger partial charge in [-0.15, -0.1) is 11.3 Å². The molecule has 0 radical (unpaired) electrons. The molecule has 1 aromatic rings. The van der Waals surface area contributed by atoms with Crippen molar-refractivity contribution in [1.29, 1.82) is 0 Å². The van der Waals surface area contributed by atoms with Gasteiger partial charge in [0.05, 0.1) is 10.1 Å². The van der Waals surface area contributed by atoms with E-state index in [0.29, 0.717) is 33.0 Å². The molecule has 0 bridgehead atoms. The van der Waals surface area contributed by atoms with Crippen LogP contribution in [0.1, 0.15) is 16.8 Å². The molecule has 0 aliphatic heterocycles. The second-order valence-electron chi connectivity index (χ2n) is 3.30. The second-order valence-corrected chi connectivity index (χ2v) is 7.16. The quantitative estimate of drug-likeness (QED) is 0.574. The van der Waals surface area contributed by atoms with E-state index in [2.05, 4.69) is 0 Å². The molecule has 96 valence electrons. The van der Waals surface area contributed by atoms with E-state index in [1.54, 1.807) is 7.11 Å². The van der Waals surface area contributed by atoms with Crippen LogP contribution in [-0.2, 0) is 15.5 Å². The van der Waals surface area contributed by atoms with Gasteiger partial charge >= 0.3 is 0 Å². The number of thiophene rings is 1. The van der Waals surface area contributed by atoms with E-state index >= 15 is 0 Å². The molecular formula is C10H12Cl2O3S2. The molecule has 17 heavy (non-hydrogen) atoms. The fourth-order valence-corrected chi connectivity index (χ4v) is 3.72. The predicted octanol–water partition coefficient (Wildman–Crippen LogP) is 3.02. The Morgan fingerprint density at radius 2 is 2.24 bits per heavy atom. The molecule has 1 atom stereocenters. The van der Waals surface area contributed by atoms with Crippen molar-refractivity contribution in [3.05, 3.63) is 20.3 Å². The molecule has 0 spiro atoms. The Morgan fingerprint density at radius 1 is 1.53 bits per heavy atom. The third kappa shape index (κ3) is 5.06. The van der Waals surface area contributed by atoms with Crippen LogP contribution < -0.4 is 0 Å². The molecule has 3 nitrogen and oxygen atoms in total. The molecule has 1 aromatic heterocycles. The molecule has 0 aliphatic carbocycles. The van der Waals surface area contributed by atoms with Crippen molar-refractivity contribution < 1.29 is 13.7 Å². The molecule has 0 saturated carbocycles. The lowest BCUT2D eigenvalue weighted by molar-refractivity contribution is 0.102. The SMILES string of the molecule is COCCCS(=O)CC(=O)c1cc(Cl)sc1Cl. The number of halogens is 2. The van der Waals surface area contributed by atoms with E-state index in [1.165, 1.54) is 6.07 Å². The fraction of sp³-hybridized carbons (Fsp3) is 0.500. The Kier molecular flexibility index (Phi) is 6.66. The van der Waals surface area contributed by atoms with Gasteiger partial charge in [-0.25, -0.2) is 0 Å². The lowest BCUT2D eigenvalue weighted by Crippen LogP contribution is -2.13. The van der Waals surface area contributed by atoms with Gasteiger partial charge in [0.1, 0.15) is 4.34 Å². The van der Waals surface area contributed by atoms with Crippen molar-refractivity contribution in [2.75, 3.05) is 25.2 Å². The largest absolute Gasteiger partial charge is 0.385 e. The molecule has 1 rings (SSSR count). The molecule has 0 fully saturated rings. The zero-order valence-corrected chi connectivity index (χ0v) is 12.3. The lowest BCUT2D eigenvalue weighted by atomic mass is 10.2. The number of ketones is 1. The van der Waals surface area contributed by atoms with Crippen LogP contribution in [0.2, 0.25) is 8.67 Å². The zero-order valence-electron chi connectivity index (χ0n) is 9.20. The molecule has 0 aromatic carbocycles. The van der Waals surface area contributed by atoms with Crippen molar-refractivity contribution in [2.24, 2.45) is 0 Å². The van der Waals surface area contributed by atoms with Crippen LogP contribution in [0.5, 0.6) is 0 Å². The number of rotatable bonds is 7. The van der Waals surface area contributed by atoms with Crippen molar-refractivity contribution in [2.45, 2.75) is 6.42 Å². The van der Waals surface area contributed by atoms with E-state index in [-0.39, 0.29) is 11.5 Å². The molecule has 0 saturated heterocycles. The summed E-state index contributed by atoms with van der Waals surface area (Å²) < 4.78 is 17.2. The third-order valence-electron chi connectivity index (χ3n) is 1.97. The maximum absolute atomic E-state index is 11.8. The maximum atomic E-state index is 11.8. The summed E-state index contributed by atoms with van der Waals surface area (Å²) in [5, 5.41) is 0.